The molecule has 0 radical (unpaired) electrons. The summed E-state index contributed by atoms with van der Waals surface area (Å²) >= 11 is 3.40. The van der Waals surface area contributed by atoms with Crippen molar-refractivity contribution >= 4 is 31.9 Å². The zero-order valence-electron chi connectivity index (χ0n) is 18.4. The van der Waals surface area contributed by atoms with Gasteiger partial charge in [0.05, 0.1) is 17.5 Å². The minimum absolute atomic E-state index is 0.108. The van der Waals surface area contributed by atoms with Crippen molar-refractivity contribution in [3.05, 3.63) is 99.5 Å². The standard InChI is InChI=1S/C25H27BrN2O3S/c1-18-4-8-21(9-5-18)16-28(32(30,31)24-14-6-19(2)7-15-24)17-25(29)27-20(3)22-10-12-23(26)13-11-22/h4-15,20H,16-17H2,1-3H3,(H,27,29). The van der Waals surface area contributed by atoms with Crippen molar-refractivity contribution in [1.29, 1.82) is 0 Å². The highest BCUT2D eigenvalue weighted by Gasteiger charge is 2.27. The molecule has 1 unspecified atom stereocenters. The van der Waals surface area contributed by atoms with Crippen LogP contribution < -0.4 is 5.32 Å². The molecule has 168 valence electrons. The second-order valence-corrected chi connectivity index (χ2v) is 10.8. The van der Waals surface area contributed by atoms with Crippen molar-refractivity contribution in [2.24, 2.45) is 0 Å². The summed E-state index contributed by atoms with van der Waals surface area (Å²) in [5, 5.41) is 2.91. The van der Waals surface area contributed by atoms with E-state index >= 15 is 0 Å². The van der Waals surface area contributed by atoms with Gasteiger partial charge < -0.3 is 5.32 Å². The van der Waals surface area contributed by atoms with Crippen molar-refractivity contribution in [2.45, 2.75) is 38.3 Å². The zero-order valence-corrected chi connectivity index (χ0v) is 20.8. The molecule has 1 N–H and O–H groups in total. The van der Waals surface area contributed by atoms with E-state index in [-0.39, 0.29) is 29.9 Å². The van der Waals surface area contributed by atoms with E-state index in [1.54, 1.807) is 24.3 Å². The monoisotopic (exact) mass is 514 g/mol. The molecule has 0 aliphatic carbocycles. The maximum Gasteiger partial charge on any atom is 0.243 e. The second-order valence-electron chi connectivity index (χ2n) is 7.91. The minimum atomic E-state index is -3.86. The van der Waals surface area contributed by atoms with E-state index in [0.717, 1.165) is 26.7 Å². The largest absolute Gasteiger partial charge is 0.348 e. The highest BCUT2D eigenvalue weighted by molar-refractivity contribution is 9.10. The van der Waals surface area contributed by atoms with Crippen LogP contribution in [0.5, 0.6) is 0 Å². The number of nitrogens with zero attached hydrogens (tertiary/aromatic N) is 1. The summed E-state index contributed by atoms with van der Waals surface area (Å²) in [5.74, 6) is -0.358. The molecular formula is C25H27BrN2O3S. The number of sulfonamides is 1. The van der Waals surface area contributed by atoms with Crippen LogP contribution in [0.1, 0.15) is 35.2 Å². The van der Waals surface area contributed by atoms with E-state index in [1.165, 1.54) is 4.31 Å². The third kappa shape index (κ3) is 6.28. The molecule has 0 bridgehead atoms. The Hall–Kier alpha value is -2.48. The van der Waals surface area contributed by atoms with Crippen molar-refractivity contribution in [3.8, 4) is 0 Å². The number of carbonyl (C=O) groups is 1. The average Bonchev–Trinajstić information content (AvgIpc) is 2.75. The minimum Gasteiger partial charge on any atom is -0.348 e. The first kappa shape index (κ1) is 24.2. The summed E-state index contributed by atoms with van der Waals surface area (Å²) < 4.78 is 28.9. The fourth-order valence-electron chi connectivity index (χ4n) is 3.26. The maximum absolute atomic E-state index is 13.4. The number of benzene rings is 3. The van der Waals surface area contributed by atoms with E-state index in [0.29, 0.717) is 0 Å². The van der Waals surface area contributed by atoms with Crippen LogP contribution in [-0.2, 0) is 21.4 Å². The molecule has 32 heavy (non-hydrogen) atoms. The molecule has 5 nitrogen and oxygen atoms in total. The first-order valence-electron chi connectivity index (χ1n) is 10.3. The Labute approximate surface area is 198 Å². The Morgan fingerprint density at radius 2 is 1.44 bits per heavy atom. The van der Waals surface area contributed by atoms with Gasteiger partial charge in [-0.15, -0.1) is 0 Å². The summed E-state index contributed by atoms with van der Waals surface area (Å²) in [6.45, 7) is 5.58. The lowest BCUT2D eigenvalue weighted by Crippen LogP contribution is -2.41. The molecular weight excluding hydrogens is 488 g/mol. The van der Waals surface area contributed by atoms with Crippen LogP contribution in [0.2, 0.25) is 0 Å². The molecule has 1 atom stereocenters. The van der Waals surface area contributed by atoms with E-state index in [4.69, 9.17) is 0 Å². The highest BCUT2D eigenvalue weighted by Crippen LogP contribution is 2.20. The molecule has 0 saturated heterocycles. The predicted molar refractivity (Wildman–Crippen MR) is 131 cm³/mol. The lowest BCUT2D eigenvalue weighted by atomic mass is 10.1. The number of halogens is 1. The topological polar surface area (TPSA) is 66.5 Å². The van der Waals surface area contributed by atoms with Gasteiger partial charge in [-0.25, -0.2) is 8.42 Å². The number of carbonyl (C=O) groups excluding carboxylic acids is 1. The lowest BCUT2D eigenvalue weighted by molar-refractivity contribution is -0.122. The summed E-state index contributed by atoms with van der Waals surface area (Å²) in [7, 11) is -3.86. The van der Waals surface area contributed by atoms with Crippen molar-refractivity contribution < 1.29 is 13.2 Å². The highest BCUT2D eigenvalue weighted by atomic mass is 79.9. The van der Waals surface area contributed by atoms with Crippen LogP contribution in [0.15, 0.2) is 82.2 Å². The smallest absolute Gasteiger partial charge is 0.243 e. The second kappa shape index (κ2) is 10.4. The summed E-state index contributed by atoms with van der Waals surface area (Å²) in [4.78, 5) is 13.0. The quantitative estimate of drug-likeness (QED) is 0.452. The molecule has 0 aliphatic rings. The Morgan fingerprint density at radius 1 is 0.906 bits per heavy atom. The van der Waals surface area contributed by atoms with E-state index in [2.05, 4.69) is 21.2 Å². The van der Waals surface area contributed by atoms with Gasteiger partial charge >= 0.3 is 0 Å². The molecule has 3 rings (SSSR count). The first-order chi connectivity index (χ1) is 15.1. The third-order valence-corrected chi connectivity index (χ3v) is 7.54. The first-order valence-corrected chi connectivity index (χ1v) is 12.6. The molecule has 0 saturated carbocycles. The Bertz CT molecular complexity index is 1160. The van der Waals surface area contributed by atoms with Crippen molar-refractivity contribution in [3.63, 3.8) is 0 Å². The number of hydrogen-bond donors (Lipinski definition) is 1. The molecule has 0 aliphatic heterocycles. The number of rotatable bonds is 8. The van der Waals surface area contributed by atoms with Crippen LogP contribution in [0.3, 0.4) is 0 Å². The van der Waals surface area contributed by atoms with Crippen molar-refractivity contribution in [2.75, 3.05) is 6.54 Å². The summed E-state index contributed by atoms with van der Waals surface area (Å²) in [5.41, 5.74) is 3.81. The van der Waals surface area contributed by atoms with Gasteiger partial charge in [-0.3, -0.25) is 4.79 Å². The average molecular weight is 515 g/mol. The number of hydrogen-bond acceptors (Lipinski definition) is 3. The molecule has 3 aromatic rings. The van der Waals surface area contributed by atoms with Crippen LogP contribution >= 0.6 is 15.9 Å². The SMILES string of the molecule is Cc1ccc(CN(CC(=O)NC(C)c2ccc(Br)cc2)S(=O)(=O)c2ccc(C)cc2)cc1. The Kier molecular flexibility index (Phi) is 7.87. The normalized spacial score (nSPS) is 12.5. The summed E-state index contributed by atoms with van der Waals surface area (Å²) in [6, 6.07) is 21.7. The summed E-state index contributed by atoms with van der Waals surface area (Å²) in [6.07, 6.45) is 0. The fourth-order valence-corrected chi connectivity index (χ4v) is 4.91. The van der Waals surface area contributed by atoms with Crippen LogP contribution in [0.4, 0.5) is 0 Å². The third-order valence-electron chi connectivity index (χ3n) is 5.21. The fraction of sp³-hybridized carbons (Fsp3) is 0.240. The molecule has 0 heterocycles. The van der Waals surface area contributed by atoms with Gasteiger partial charge in [0, 0.05) is 11.0 Å². The zero-order chi connectivity index (χ0) is 23.3. The van der Waals surface area contributed by atoms with Gasteiger partial charge in [0.25, 0.3) is 0 Å². The molecule has 0 aromatic heterocycles. The van der Waals surface area contributed by atoms with Crippen LogP contribution in [0, 0.1) is 13.8 Å². The van der Waals surface area contributed by atoms with E-state index in [1.807, 2.05) is 69.3 Å². The number of aryl methyl sites for hydroxylation is 2. The van der Waals surface area contributed by atoms with Crippen LogP contribution in [-0.4, -0.2) is 25.2 Å². The van der Waals surface area contributed by atoms with Gasteiger partial charge in [-0.05, 0) is 56.2 Å². The van der Waals surface area contributed by atoms with Gasteiger partial charge in [-0.2, -0.15) is 4.31 Å². The van der Waals surface area contributed by atoms with E-state index < -0.39 is 10.0 Å². The maximum atomic E-state index is 13.4. The van der Waals surface area contributed by atoms with Gasteiger partial charge in [0.1, 0.15) is 0 Å². The molecule has 7 heteroatoms. The van der Waals surface area contributed by atoms with E-state index in [9.17, 15) is 13.2 Å². The Morgan fingerprint density at radius 3 is 2.00 bits per heavy atom. The number of amides is 1. The van der Waals surface area contributed by atoms with Gasteiger partial charge in [0.15, 0.2) is 0 Å². The molecule has 3 aromatic carbocycles. The number of nitrogens with one attached hydrogen (secondary N) is 1. The van der Waals surface area contributed by atoms with Crippen LogP contribution in [0.25, 0.3) is 0 Å². The predicted octanol–water partition coefficient (Wildman–Crippen LogP) is 5.13. The van der Waals surface area contributed by atoms with Gasteiger partial charge in [-0.1, -0.05) is 75.6 Å². The molecule has 0 spiro atoms. The Balaban J connectivity index is 1.82. The van der Waals surface area contributed by atoms with Gasteiger partial charge in [0.2, 0.25) is 15.9 Å². The molecule has 1 amide bonds. The lowest BCUT2D eigenvalue weighted by Gasteiger charge is -2.23. The van der Waals surface area contributed by atoms with Crippen molar-refractivity contribution in [1.82, 2.24) is 9.62 Å². The molecule has 0 fully saturated rings.